The lowest BCUT2D eigenvalue weighted by Gasteiger charge is -2.28. The SMILES string of the molecule is O=C(NCCNc1cc(N2CCOCC2)cnn1)c1ccccc1[N+](=O)[O-]. The molecule has 1 amide bonds. The monoisotopic (exact) mass is 372 g/mol. The summed E-state index contributed by atoms with van der Waals surface area (Å²) in [5, 5.41) is 24.8. The van der Waals surface area contributed by atoms with Gasteiger partial charge in [-0.3, -0.25) is 14.9 Å². The van der Waals surface area contributed by atoms with E-state index in [2.05, 4.69) is 25.7 Å². The van der Waals surface area contributed by atoms with Gasteiger partial charge >= 0.3 is 0 Å². The number of aromatic nitrogens is 2. The first kappa shape index (κ1) is 18.5. The molecular weight excluding hydrogens is 352 g/mol. The van der Waals surface area contributed by atoms with Crippen LogP contribution in [-0.4, -0.2) is 60.4 Å². The zero-order chi connectivity index (χ0) is 19.1. The van der Waals surface area contributed by atoms with Gasteiger partial charge in [0, 0.05) is 38.3 Å². The van der Waals surface area contributed by atoms with Crippen LogP contribution < -0.4 is 15.5 Å². The molecule has 0 atom stereocenters. The summed E-state index contributed by atoms with van der Waals surface area (Å²) >= 11 is 0. The minimum Gasteiger partial charge on any atom is -0.378 e. The third-order valence-electron chi connectivity index (χ3n) is 4.08. The maximum atomic E-state index is 12.2. The number of hydrogen-bond donors (Lipinski definition) is 2. The fraction of sp³-hybridized carbons (Fsp3) is 0.353. The fourth-order valence-electron chi connectivity index (χ4n) is 2.72. The lowest BCUT2D eigenvalue weighted by molar-refractivity contribution is -0.385. The number of nitro benzene ring substituents is 1. The molecule has 10 heteroatoms. The lowest BCUT2D eigenvalue weighted by Crippen LogP contribution is -2.36. The number of rotatable bonds is 7. The van der Waals surface area contributed by atoms with Crippen LogP contribution in [0.2, 0.25) is 0 Å². The normalized spacial score (nSPS) is 13.9. The van der Waals surface area contributed by atoms with E-state index >= 15 is 0 Å². The second-order valence-corrected chi connectivity index (χ2v) is 5.86. The van der Waals surface area contributed by atoms with E-state index in [4.69, 9.17) is 4.74 Å². The molecule has 142 valence electrons. The van der Waals surface area contributed by atoms with Gasteiger partial charge in [0.05, 0.1) is 30.0 Å². The Hall–Kier alpha value is -3.27. The first-order valence-electron chi connectivity index (χ1n) is 8.56. The molecule has 1 aliphatic heterocycles. The second-order valence-electron chi connectivity index (χ2n) is 5.86. The summed E-state index contributed by atoms with van der Waals surface area (Å²) in [5.74, 6) is 0.108. The van der Waals surface area contributed by atoms with E-state index in [1.807, 2.05) is 6.07 Å². The van der Waals surface area contributed by atoms with E-state index in [0.29, 0.717) is 25.6 Å². The molecule has 1 aliphatic rings. The fourth-order valence-corrected chi connectivity index (χ4v) is 2.72. The molecule has 0 radical (unpaired) electrons. The average Bonchev–Trinajstić information content (AvgIpc) is 2.72. The Balaban J connectivity index is 1.50. The van der Waals surface area contributed by atoms with E-state index < -0.39 is 10.8 Å². The second kappa shape index (κ2) is 8.90. The first-order chi connectivity index (χ1) is 13.1. The van der Waals surface area contributed by atoms with Crippen molar-refractivity contribution in [3.63, 3.8) is 0 Å². The number of ether oxygens (including phenoxy) is 1. The molecule has 0 saturated carbocycles. The van der Waals surface area contributed by atoms with Crippen molar-refractivity contribution in [3.05, 3.63) is 52.2 Å². The molecule has 1 saturated heterocycles. The summed E-state index contributed by atoms with van der Waals surface area (Å²) in [6.07, 6.45) is 1.70. The van der Waals surface area contributed by atoms with Crippen LogP contribution in [0.3, 0.4) is 0 Å². The molecule has 1 aromatic carbocycles. The number of morpholine rings is 1. The van der Waals surface area contributed by atoms with Crippen molar-refractivity contribution in [3.8, 4) is 0 Å². The van der Waals surface area contributed by atoms with Crippen LogP contribution in [0, 0.1) is 10.1 Å². The molecule has 2 N–H and O–H groups in total. The lowest BCUT2D eigenvalue weighted by atomic mass is 10.1. The van der Waals surface area contributed by atoms with Crippen LogP contribution in [0.25, 0.3) is 0 Å². The van der Waals surface area contributed by atoms with Crippen LogP contribution in [-0.2, 0) is 4.74 Å². The van der Waals surface area contributed by atoms with Crippen LogP contribution >= 0.6 is 0 Å². The van der Waals surface area contributed by atoms with E-state index in [-0.39, 0.29) is 17.8 Å². The van der Waals surface area contributed by atoms with Crippen molar-refractivity contribution in [1.29, 1.82) is 0 Å². The van der Waals surface area contributed by atoms with Crippen molar-refractivity contribution in [1.82, 2.24) is 15.5 Å². The predicted molar refractivity (Wildman–Crippen MR) is 99.0 cm³/mol. The Kier molecular flexibility index (Phi) is 6.10. The van der Waals surface area contributed by atoms with Crippen LogP contribution in [0.1, 0.15) is 10.4 Å². The van der Waals surface area contributed by atoms with Gasteiger partial charge in [-0.1, -0.05) is 12.1 Å². The summed E-state index contributed by atoms with van der Waals surface area (Å²) in [6, 6.07) is 7.74. The first-order valence-corrected chi connectivity index (χ1v) is 8.56. The summed E-state index contributed by atoms with van der Waals surface area (Å²) in [7, 11) is 0. The Morgan fingerprint density at radius 1 is 1.26 bits per heavy atom. The molecule has 0 bridgehead atoms. The number of nitro groups is 1. The zero-order valence-corrected chi connectivity index (χ0v) is 14.6. The maximum absolute atomic E-state index is 12.2. The van der Waals surface area contributed by atoms with Gasteiger partial charge in [-0.05, 0) is 6.07 Å². The molecule has 0 unspecified atom stereocenters. The summed E-state index contributed by atoms with van der Waals surface area (Å²) in [4.78, 5) is 24.7. The Bertz CT molecular complexity index is 810. The van der Waals surface area contributed by atoms with Gasteiger partial charge in [-0.2, -0.15) is 5.10 Å². The summed E-state index contributed by atoms with van der Waals surface area (Å²) in [5.41, 5.74) is 0.781. The molecular formula is C17H20N6O4. The molecule has 3 rings (SSSR count). The van der Waals surface area contributed by atoms with Gasteiger partial charge in [0.25, 0.3) is 11.6 Å². The maximum Gasteiger partial charge on any atom is 0.282 e. The summed E-state index contributed by atoms with van der Waals surface area (Å²) in [6.45, 7) is 3.67. The molecule has 2 aromatic rings. The van der Waals surface area contributed by atoms with Crippen molar-refractivity contribution in [2.45, 2.75) is 0 Å². The molecule has 0 spiro atoms. The third-order valence-corrected chi connectivity index (χ3v) is 4.08. The number of carbonyl (C=O) groups is 1. The molecule has 1 fully saturated rings. The van der Waals surface area contributed by atoms with Gasteiger partial charge in [0.15, 0.2) is 5.82 Å². The van der Waals surface area contributed by atoms with E-state index in [9.17, 15) is 14.9 Å². The molecule has 2 heterocycles. The number of benzene rings is 1. The number of para-hydroxylation sites is 1. The standard InChI is InChI=1S/C17H20N6O4/c24-17(14-3-1-2-4-15(14)23(25)26)19-6-5-18-16-11-13(12-20-21-16)22-7-9-27-10-8-22/h1-4,11-12H,5-10H2,(H,18,21)(H,19,24). The van der Waals surface area contributed by atoms with Gasteiger partial charge in [0.2, 0.25) is 0 Å². The quantitative estimate of drug-likeness (QED) is 0.420. The smallest absolute Gasteiger partial charge is 0.282 e. The molecule has 0 aliphatic carbocycles. The highest BCUT2D eigenvalue weighted by molar-refractivity contribution is 5.98. The largest absolute Gasteiger partial charge is 0.378 e. The highest BCUT2D eigenvalue weighted by Gasteiger charge is 2.18. The zero-order valence-electron chi connectivity index (χ0n) is 14.6. The number of hydrogen-bond acceptors (Lipinski definition) is 8. The van der Waals surface area contributed by atoms with E-state index in [0.717, 1.165) is 18.8 Å². The highest BCUT2D eigenvalue weighted by atomic mass is 16.6. The molecule has 1 aromatic heterocycles. The van der Waals surface area contributed by atoms with Crippen molar-refractivity contribution in [2.75, 3.05) is 49.6 Å². The van der Waals surface area contributed by atoms with Crippen LogP contribution in [0.5, 0.6) is 0 Å². The molecule has 10 nitrogen and oxygen atoms in total. The van der Waals surface area contributed by atoms with Crippen molar-refractivity contribution < 1.29 is 14.5 Å². The number of anilines is 2. The Morgan fingerprint density at radius 3 is 2.81 bits per heavy atom. The van der Waals surface area contributed by atoms with Crippen LogP contribution in [0.4, 0.5) is 17.2 Å². The van der Waals surface area contributed by atoms with Gasteiger partial charge in [-0.15, -0.1) is 5.10 Å². The minimum atomic E-state index is -0.570. The van der Waals surface area contributed by atoms with Crippen LogP contribution in [0.15, 0.2) is 36.5 Å². The number of nitrogens with zero attached hydrogens (tertiary/aromatic N) is 4. The number of amides is 1. The van der Waals surface area contributed by atoms with Gasteiger partial charge < -0.3 is 20.3 Å². The van der Waals surface area contributed by atoms with E-state index in [1.165, 1.54) is 18.2 Å². The highest BCUT2D eigenvalue weighted by Crippen LogP contribution is 2.18. The van der Waals surface area contributed by atoms with Gasteiger partial charge in [0.1, 0.15) is 5.56 Å². The third kappa shape index (κ3) is 4.88. The minimum absolute atomic E-state index is 0.0385. The molecule has 27 heavy (non-hydrogen) atoms. The predicted octanol–water partition coefficient (Wildman–Crippen LogP) is 1.06. The number of carbonyl (C=O) groups excluding carboxylic acids is 1. The Morgan fingerprint density at radius 2 is 2.04 bits per heavy atom. The topological polar surface area (TPSA) is 123 Å². The average molecular weight is 372 g/mol. The summed E-state index contributed by atoms with van der Waals surface area (Å²) < 4.78 is 5.34. The van der Waals surface area contributed by atoms with Crippen molar-refractivity contribution in [2.24, 2.45) is 0 Å². The van der Waals surface area contributed by atoms with Crippen molar-refractivity contribution >= 4 is 23.1 Å². The van der Waals surface area contributed by atoms with Gasteiger partial charge in [-0.25, -0.2) is 0 Å². The number of nitrogens with one attached hydrogen (secondary N) is 2. The van der Waals surface area contributed by atoms with E-state index in [1.54, 1.807) is 12.3 Å². The Labute approximate surface area is 155 Å².